The van der Waals surface area contributed by atoms with Gasteiger partial charge in [-0.2, -0.15) is 0 Å². The molecule has 0 radical (unpaired) electrons. The summed E-state index contributed by atoms with van der Waals surface area (Å²) in [7, 11) is 0. The third-order valence-electron chi connectivity index (χ3n) is 3.35. The molecule has 24 heavy (non-hydrogen) atoms. The van der Waals surface area contributed by atoms with E-state index in [1.165, 1.54) is 0 Å². The van der Waals surface area contributed by atoms with Gasteiger partial charge in [0, 0.05) is 5.69 Å². The molecule has 0 saturated heterocycles. The van der Waals surface area contributed by atoms with Gasteiger partial charge in [-0.15, -0.1) is 0 Å². The first-order chi connectivity index (χ1) is 11.5. The summed E-state index contributed by atoms with van der Waals surface area (Å²) in [4.78, 5) is 23.9. The molecule has 2 aromatic rings. The van der Waals surface area contributed by atoms with Gasteiger partial charge in [0.05, 0.1) is 12.2 Å². The molecule has 0 aliphatic rings. The molecule has 2 aromatic carbocycles. The van der Waals surface area contributed by atoms with Gasteiger partial charge < -0.3 is 14.8 Å². The van der Waals surface area contributed by atoms with Crippen molar-refractivity contribution in [3.8, 4) is 5.75 Å². The first kappa shape index (κ1) is 17.5. The number of esters is 1. The molecule has 0 bridgehead atoms. The minimum Gasteiger partial charge on any atom is -0.481 e. The van der Waals surface area contributed by atoms with Crippen LogP contribution in [0.1, 0.15) is 29.8 Å². The average molecular weight is 327 g/mol. The molecule has 1 amide bonds. The molecule has 0 spiro atoms. The van der Waals surface area contributed by atoms with E-state index in [1.54, 1.807) is 38.1 Å². The van der Waals surface area contributed by atoms with E-state index >= 15 is 0 Å². The zero-order valence-electron chi connectivity index (χ0n) is 14.0. The Morgan fingerprint density at radius 3 is 2.50 bits per heavy atom. The number of ether oxygens (including phenoxy) is 2. The Balaban J connectivity index is 1.99. The number of carbonyl (C=O) groups excluding carboxylic acids is 2. The molecule has 0 aliphatic carbocycles. The van der Waals surface area contributed by atoms with Crippen molar-refractivity contribution in [3.05, 3.63) is 59.7 Å². The van der Waals surface area contributed by atoms with Crippen molar-refractivity contribution in [2.24, 2.45) is 0 Å². The summed E-state index contributed by atoms with van der Waals surface area (Å²) >= 11 is 0. The van der Waals surface area contributed by atoms with Crippen molar-refractivity contribution < 1.29 is 19.1 Å². The number of aryl methyl sites for hydroxylation is 1. The van der Waals surface area contributed by atoms with Crippen LogP contribution in [-0.2, 0) is 9.53 Å². The molecule has 0 saturated carbocycles. The fraction of sp³-hybridized carbons (Fsp3) is 0.263. The maximum atomic E-state index is 12.2. The van der Waals surface area contributed by atoms with Gasteiger partial charge in [-0.25, -0.2) is 4.79 Å². The van der Waals surface area contributed by atoms with Gasteiger partial charge in [-0.05, 0) is 51.1 Å². The van der Waals surface area contributed by atoms with E-state index in [2.05, 4.69) is 5.32 Å². The van der Waals surface area contributed by atoms with Gasteiger partial charge in [0.2, 0.25) is 0 Å². The number of anilines is 1. The van der Waals surface area contributed by atoms with Crippen molar-refractivity contribution in [1.82, 2.24) is 0 Å². The molecule has 126 valence electrons. The zero-order chi connectivity index (χ0) is 17.5. The molecular formula is C19H21NO4. The van der Waals surface area contributed by atoms with Gasteiger partial charge in [0.1, 0.15) is 5.75 Å². The van der Waals surface area contributed by atoms with Gasteiger partial charge in [-0.3, -0.25) is 4.79 Å². The van der Waals surface area contributed by atoms with E-state index in [4.69, 9.17) is 9.47 Å². The Hall–Kier alpha value is -2.82. The van der Waals surface area contributed by atoms with Gasteiger partial charge in [0.25, 0.3) is 5.91 Å². The highest BCUT2D eigenvalue weighted by Gasteiger charge is 2.16. The number of hydrogen-bond acceptors (Lipinski definition) is 4. The molecule has 2 rings (SSSR count). The van der Waals surface area contributed by atoms with E-state index in [9.17, 15) is 9.59 Å². The fourth-order valence-electron chi connectivity index (χ4n) is 2.05. The number of benzene rings is 2. The zero-order valence-corrected chi connectivity index (χ0v) is 14.0. The summed E-state index contributed by atoms with van der Waals surface area (Å²) in [5, 5.41) is 2.79. The van der Waals surface area contributed by atoms with Crippen LogP contribution in [0.4, 0.5) is 5.69 Å². The number of amides is 1. The lowest BCUT2D eigenvalue weighted by atomic mass is 10.2. The molecule has 5 nitrogen and oxygen atoms in total. The van der Waals surface area contributed by atoms with E-state index < -0.39 is 12.1 Å². The highest BCUT2D eigenvalue weighted by Crippen LogP contribution is 2.17. The van der Waals surface area contributed by atoms with Crippen LogP contribution in [0, 0.1) is 6.92 Å². The van der Waals surface area contributed by atoms with Crippen molar-refractivity contribution in [1.29, 1.82) is 0 Å². The number of rotatable bonds is 6. The molecule has 0 unspecified atom stereocenters. The van der Waals surface area contributed by atoms with E-state index in [-0.39, 0.29) is 5.91 Å². The second kappa shape index (κ2) is 8.15. The summed E-state index contributed by atoms with van der Waals surface area (Å²) < 4.78 is 10.6. The summed E-state index contributed by atoms with van der Waals surface area (Å²) in [6.07, 6.45) is -0.705. The first-order valence-corrected chi connectivity index (χ1v) is 7.81. The lowest BCUT2D eigenvalue weighted by Crippen LogP contribution is -2.30. The quantitative estimate of drug-likeness (QED) is 0.824. The SMILES string of the molecule is CCOC(=O)c1cccc(O[C@H](C)C(=O)Nc2ccc(C)cc2)c1. The lowest BCUT2D eigenvalue weighted by Gasteiger charge is -2.15. The van der Waals surface area contributed by atoms with E-state index in [0.29, 0.717) is 23.6 Å². The predicted octanol–water partition coefficient (Wildman–Crippen LogP) is 3.58. The van der Waals surface area contributed by atoms with Crippen LogP contribution in [-0.4, -0.2) is 24.6 Å². The third-order valence-corrected chi connectivity index (χ3v) is 3.35. The number of carbonyl (C=O) groups is 2. The van der Waals surface area contributed by atoms with Crippen molar-refractivity contribution in [2.75, 3.05) is 11.9 Å². The average Bonchev–Trinajstić information content (AvgIpc) is 2.57. The summed E-state index contributed by atoms with van der Waals surface area (Å²) in [5.74, 6) is -0.243. The minimum atomic E-state index is -0.705. The van der Waals surface area contributed by atoms with Crippen LogP contribution in [0.25, 0.3) is 0 Å². The molecule has 1 N–H and O–H groups in total. The molecule has 5 heteroatoms. The van der Waals surface area contributed by atoms with Gasteiger partial charge >= 0.3 is 5.97 Å². The first-order valence-electron chi connectivity index (χ1n) is 7.81. The standard InChI is InChI=1S/C19H21NO4/c1-4-23-19(22)15-6-5-7-17(12-15)24-14(3)18(21)20-16-10-8-13(2)9-11-16/h5-12,14H,4H2,1-3H3,(H,20,21)/t14-/m1/s1. The maximum Gasteiger partial charge on any atom is 0.338 e. The Morgan fingerprint density at radius 2 is 1.83 bits per heavy atom. The monoisotopic (exact) mass is 327 g/mol. The van der Waals surface area contributed by atoms with Crippen LogP contribution in [0.5, 0.6) is 5.75 Å². The predicted molar refractivity (Wildman–Crippen MR) is 92.3 cm³/mol. The third kappa shape index (κ3) is 4.84. The Bertz CT molecular complexity index is 710. The topological polar surface area (TPSA) is 64.6 Å². The molecule has 0 aliphatic heterocycles. The number of nitrogens with one attached hydrogen (secondary N) is 1. The lowest BCUT2D eigenvalue weighted by molar-refractivity contribution is -0.122. The van der Waals surface area contributed by atoms with Crippen LogP contribution in [0.3, 0.4) is 0 Å². The second-order valence-electron chi connectivity index (χ2n) is 5.36. The van der Waals surface area contributed by atoms with Crippen molar-refractivity contribution in [2.45, 2.75) is 26.9 Å². The van der Waals surface area contributed by atoms with E-state index in [0.717, 1.165) is 5.56 Å². The normalized spacial score (nSPS) is 11.5. The molecular weight excluding hydrogens is 306 g/mol. The Morgan fingerprint density at radius 1 is 1.12 bits per heavy atom. The van der Waals surface area contributed by atoms with E-state index in [1.807, 2.05) is 31.2 Å². The van der Waals surface area contributed by atoms with Crippen molar-refractivity contribution >= 4 is 17.6 Å². The molecule has 0 fully saturated rings. The summed E-state index contributed by atoms with van der Waals surface area (Å²) in [5.41, 5.74) is 2.22. The van der Waals surface area contributed by atoms with Crippen LogP contribution in [0.2, 0.25) is 0 Å². The second-order valence-corrected chi connectivity index (χ2v) is 5.36. The Labute approximate surface area is 141 Å². The summed E-state index contributed by atoms with van der Waals surface area (Å²) in [6.45, 7) is 5.68. The number of hydrogen-bond donors (Lipinski definition) is 1. The van der Waals surface area contributed by atoms with Gasteiger partial charge in [0.15, 0.2) is 6.10 Å². The highest BCUT2D eigenvalue weighted by atomic mass is 16.5. The fourth-order valence-corrected chi connectivity index (χ4v) is 2.05. The molecule has 0 heterocycles. The van der Waals surface area contributed by atoms with Crippen LogP contribution >= 0.6 is 0 Å². The van der Waals surface area contributed by atoms with Crippen LogP contribution < -0.4 is 10.1 Å². The van der Waals surface area contributed by atoms with Crippen LogP contribution in [0.15, 0.2) is 48.5 Å². The largest absolute Gasteiger partial charge is 0.481 e. The Kier molecular flexibility index (Phi) is 5.95. The summed E-state index contributed by atoms with van der Waals surface area (Å²) in [6, 6.07) is 14.1. The minimum absolute atomic E-state index is 0.264. The van der Waals surface area contributed by atoms with Crippen molar-refractivity contribution in [3.63, 3.8) is 0 Å². The molecule has 0 aromatic heterocycles. The molecule has 1 atom stereocenters. The van der Waals surface area contributed by atoms with Gasteiger partial charge in [-0.1, -0.05) is 23.8 Å². The maximum absolute atomic E-state index is 12.2. The smallest absolute Gasteiger partial charge is 0.338 e. The highest BCUT2D eigenvalue weighted by molar-refractivity contribution is 5.94.